The summed E-state index contributed by atoms with van der Waals surface area (Å²) in [5, 5.41) is 0. The first-order valence-electron chi connectivity index (χ1n) is 6.62. The fraction of sp³-hybridized carbons (Fsp3) is 0.667. The highest BCUT2D eigenvalue weighted by Crippen LogP contribution is 2.51. The summed E-state index contributed by atoms with van der Waals surface area (Å²) in [4.78, 5) is 26.9. The van der Waals surface area contributed by atoms with E-state index in [9.17, 15) is 9.59 Å². The molecule has 0 aromatic heterocycles. The van der Waals surface area contributed by atoms with E-state index in [1.165, 1.54) is 0 Å². The normalized spacial score (nSPS) is 27.4. The summed E-state index contributed by atoms with van der Waals surface area (Å²) in [7, 11) is 0.552. The van der Waals surface area contributed by atoms with Gasteiger partial charge in [0.2, 0.25) is 0 Å². The molecule has 2 aliphatic heterocycles. The van der Waals surface area contributed by atoms with Crippen molar-refractivity contribution in [3.05, 3.63) is 10.6 Å². The maximum atomic E-state index is 12.2. The van der Waals surface area contributed by atoms with E-state index >= 15 is 0 Å². The van der Waals surface area contributed by atoms with Gasteiger partial charge in [-0.2, -0.15) is 0 Å². The Morgan fingerprint density at radius 2 is 2.20 bits per heavy atom. The number of nitrogens with one attached hydrogen (secondary N) is 2. The minimum atomic E-state index is -0.995. The van der Waals surface area contributed by atoms with Crippen molar-refractivity contribution in [2.45, 2.75) is 45.3 Å². The second-order valence-corrected chi connectivity index (χ2v) is 9.43. The standard InChI is InChI=1S/C12H19N3O3S2/c1-12(2,3)18-11(17)14-20-13-9-8(19-20)6-15(10(9)16)7-4-5-7/h7,13,20H,4-6H2,1-3H3,(H,14,17). The topological polar surface area (TPSA) is 70.7 Å². The van der Waals surface area contributed by atoms with Crippen LogP contribution >= 0.6 is 21.1 Å². The van der Waals surface area contributed by atoms with Crippen LogP contribution in [0.4, 0.5) is 4.79 Å². The number of rotatable bonds is 2. The second kappa shape index (κ2) is 4.77. The molecule has 0 aromatic carbocycles. The Balaban J connectivity index is 1.53. The first-order valence-corrected chi connectivity index (χ1v) is 9.38. The third-order valence-electron chi connectivity index (χ3n) is 3.06. The van der Waals surface area contributed by atoms with Crippen LogP contribution in [0.25, 0.3) is 0 Å². The zero-order valence-corrected chi connectivity index (χ0v) is 13.4. The van der Waals surface area contributed by atoms with Gasteiger partial charge >= 0.3 is 6.09 Å². The van der Waals surface area contributed by atoms with Gasteiger partial charge < -0.3 is 14.4 Å². The molecule has 1 saturated carbocycles. The molecule has 1 atom stereocenters. The number of hydrogen-bond donors (Lipinski definition) is 3. The molecule has 1 unspecified atom stereocenters. The lowest BCUT2D eigenvalue weighted by Crippen LogP contribution is -2.35. The molecular weight excluding hydrogens is 298 g/mol. The molecule has 1 fully saturated rings. The van der Waals surface area contributed by atoms with Crippen LogP contribution in [0.5, 0.6) is 0 Å². The summed E-state index contributed by atoms with van der Waals surface area (Å²) in [5.41, 5.74) is 0.155. The van der Waals surface area contributed by atoms with Gasteiger partial charge in [0, 0.05) is 10.9 Å². The second-order valence-electron chi connectivity index (χ2n) is 6.07. The molecule has 2 N–H and O–H groups in total. The summed E-state index contributed by atoms with van der Waals surface area (Å²) in [6, 6.07) is 0.431. The van der Waals surface area contributed by atoms with Gasteiger partial charge in [-0.1, -0.05) is 0 Å². The summed E-state index contributed by atoms with van der Waals surface area (Å²) in [6.07, 6.45) is 1.78. The average Bonchev–Trinajstić information content (AvgIpc) is 2.99. The van der Waals surface area contributed by atoms with Gasteiger partial charge in [-0.05, 0) is 54.7 Å². The number of carbonyl (C=O) groups is 2. The molecule has 0 aromatic rings. The lowest BCUT2D eigenvalue weighted by Gasteiger charge is -2.25. The van der Waals surface area contributed by atoms with Crippen LogP contribution in [0.2, 0.25) is 0 Å². The van der Waals surface area contributed by atoms with Crippen molar-refractivity contribution in [2.24, 2.45) is 0 Å². The van der Waals surface area contributed by atoms with E-state index in [4.69, 9.17) is 4.74 Å². The van der Waals surface area contributed by atoms with Gasteiger partial charge in [0.15, 0.2) is 0 Å². The molecule has 0 radical (unpaired) electrons. The van der Waals surface area contributed by atoms with Crippen LogP contribution in [0.3, 0.4) is 0 Å². The Bertz CT molecular complexity index is 497. The van der Waals surface area contributed by atoms with Crippen molar-refractivity contribution >= 4 is 33.1 Å². The van der Waals surface area contributed by atoms with E-state index in [-0.39, 0.29) is 5.91 Å². The highest BCUT2D eigenvalue weighted by atomic mass is 33.1. The Morgan fingerprint density at radius 3 is 2.75 bits per heavy atom. The number of thiol groups is 1. The fourth-order valence-corrected chi connectivity index (χ4v) is 5.50. The van der Waals surface area contributed by atoms with Crippen molar-refractivity contribution in [1.29, 1.82) is 0 Å². The number of amides is 2. The van der Waals surface area contributed by atoms with E-state index in [2.05, 4.69) is 9.44 Å². The van der Waals surface area contributed by atoms with Gasteiger partial charge in [0.1, 0.15) is 11.3 Å². The minimum absolute atomic E-state index is 0.0750. The molecule has 6 nitrogen and oxygen atoms in total. The third-order valence-corrected chi connectivity index (χ3v) is 6.37. The van der Waals surface area contributed by atoms with E-state index in [0.717, 1.165) is 17.7 Å². The molecule has 3 aliphatic rings. The van der Waals surface area contributed by atoms with Crippen LogP contribution in [0, 0.1) is 0 Å². The molecule has 2 amide bonds. The Hall–Kier alpha value is -1.02. The quantitative estimate of drug-likeness (QED) is 0.535. The SMILES string of the molecule is CC(C)(C)OC(=O)N[SH]1NC2=C(CN(C3CC3)C2=O)S1. The summed E-state index contributed by atoms with van der Waals surface area (Å²) in [5.74, 6) is 0.0750. The van der Waals surface area contributed by atoms with Crippen LogP contribution in [0.1, 0.15) is 33.6 Å². The van der Waals surface area contributed by atoms with Crippen molar-refractivity contribution in [2.75, 3.05) is 6.54 Å². The average molecular weight is 317 g/mol. The lowest BCUT2D eigenvalue weighted by molar-refractivity contribution is -0.126. The minimum Gasteiger partial charge on any atom is -0.443 e. The van der Waals surface area contributed by atoms with Gasteiger partial charge in [-0.3, -0.25) is 9.52 Å². The molecule has 3 rings (SSSR count). The fourth-order valence-electron chi connectivity index (χ4n) is 2.10. The molecule has 8 heteroatoms. The van der Waals surface area contributed by atoms with Crippen LogP contribution in [-0.4, -0.2) is 35.1 Å². The van der Waals surface area contributed by atoms with E-state index in [1.807, 2.05) is 25.7 Å². The molecule has 0 spiro atoms. The Labute approximate surface area is 124 Å². The Kier molecular flexibility index (Phi) is 3.32. The van der Waals surface area contributed by atoms with Gasteiger partial charge in [-0.15, -0.1) is 0 Å². The molecule has 112 valence electrons. The summed E-state index contributed by atoms with van der Waals surface area (Å²) < 4.78 is 11.1. The highest BCUT2D eigenvalue weighted by molar-refractivity contribution is 8.85. The predicted molar refractivity (Wildman–Crippen MR) is 80.8 cm³/mol. The molecule has 0 saturated heterocycles. The number of carbonyl (C=O) groups excluding carboxylic acids is 2. The number of ether oxygens (including phenoxy) is 1. The van der Waals surface area contributed by atoms with Crippen molar-refractivity contribution in [3.63, 3.8) is 0 Å². The van der Waals surface area contributed by atoms with Gasteiger partial charge in [0.05, 0.1) is 6.54 Å². The highest BCUT2D eigenvalue weighted by Gasteiger charge is 2.43. The number of hydrogen-bond acceptors (Lipinski definition) is 5. The zero-order valence-electron chi connectivity index (χ0n) is 11.7. The van der Waals surface area contributed by atoms with Crippen LogP contribution < -0.4 is 9.44 Å². The monoisotopic (exact) mass is 317 g/mol. The van der Waals surface area contributed by atoms with Crippen molar-refractivity contribution in [1.82, 2.24) is 14.3 Å². The van der Waals surface area contributed by atoms with Crippen molar-refractivity contribution in [3.8, 4) is 0 Å². The largest absolute Gasteiger partial charge is 0.443 e. The smallest absolute Gasteiger partial charge is 0.418 e. The summed E-state index contributed by atoms with van der Waals surface area (Å²) in [6.45, 7) is 6.16. The molecule has 20 heavy (non-hydrogen) atoms. The van der Waals surface area contributed by atoms with Crippen LogP contribution in [0.15, 0.2) is 10.6 Å². The maximum absolute atomic E-state index is 12.2. The molecule has 1 aliphatic carbocycles. The van der Waals surface area contributed by atoms with E-state index in [0.29, 0.717) is 18.3 Å². The maximum Gasteiger partial charge on any atom is 0.418 e. The molecule has 2 heterocycles. The zero-order chi connectivity index (χ0) is 14.5. The van der Waals surface area contributed by atoms with E-state index in [1.54, 1.807) is 10.8 Å². The first-order chi connectivity index (χ1) is 9.33. The molecular formula is C12H19N3O3S2. The molecule has 0 bridgehead atoms. The van der Waals surface area contributed by atoms with Crippen molar-refractivity contribution < 1.29 is 14.3 Å². The summed E-state index contributed by atoms with van der Waals surface area (Å²) >= 11 is 0. The Morgan fingerprint density at radius 1 is 1.50 bits per heavy atom. The van der Waals surface area contributed by atoms with Crippen LogP contribution in [-0.2, 0) is 9.53 Å². The van der Waals surface area contributed by atoms with Gasteiger partial charge in [0.25, 0.3) is 5.91 Å². The third kappa shape index (κ3) is 2.85. The lowest BCUT2D eigenvalue weighted by atomic mass is 10.2. The predicted octanol–water partition coefficient (Wildman–Crippen LogP) is 1.81. The van der Waals surface area contributed by atoms with Gasteiger partial charge in [-0.25, -0.2) is 4.79 Å². The first kappa shape index (κ1) is 13.9. The van der Waals surface area contributed by atoms with E-state index < -0.39 is 22.0 Å². The number of nitrogens with zero attached hydrogens (tertiary/aromatic N) is 1.